The third kappa shape index (κ3) is 4.53. The summed E-state index contributed by atoms with van der Waals surface area (Å²) in [6.45, 7) is 2.05. The van der Waals surface area contributed by atoms with Gasteiger partial charge in [-0.15, -0.1) is 11.5 Å². The average molecular weight is 359 g/mol. The van der Waals surface area contributed by atoms with Crippen molar-refractivity contribution in [3.63, 3.8) is 0 Å². The molecule has 3 aromatic carbocycles. The molecule has 0 saturated carbocycles. The minimum atomic E-state index is -0.532. The van der Waals surface area contributed by atoms with Gasteiger partial charge in [-0.2, -0.15) is 5.26 Å². The van der Waals surface area contributed by atoms with E-state index in [4.69, 9.17) is 5.26 Å². The first kappa shape index (κ1) is 22.8. The van der Waals surface area contributed by atoms with Gasteiger partial charge in [-0.3, -0.25) is 0 Å². The zero-order chi connectivity index (χ0) is 17.2. The summed E-state index contributed by atoms with van der Waals surface area (Å²) in [5.41, 5.74) is 2.94. The van der Waals surface area contributed by atoms with Crippen LogP contribution in [0.25, 0.3) is 0 Å². The van der Waals surface area contributed by atoms with E-state index in [1.54, 1.807) is 36.4 Å². The van der Waals surface area contributed by atoms with Crippen molar-refractivity contribution in [2.75, 3.05) is 0 Å². The van der Waals surface area contributed by atoms with E-state index in [-0.39, 0.29) is 70.6 Å². The molecule has 118 valence electrons. The molecule has 0 aliphatic rings. The van der Waals surface area contributed by atoms with Crippen molar-refractivity contribution in [2.45, 2.75) is 12.3 Å². The Morgan fingerprint density at radius 1 is 0.654 bits per heavy atom. The minimum Gasteiger partial charge on any atom is -0.872 e. The molecule has 3 nitrogen and oxygen atoms in total. The van der Waals surface area contributed by atoms with Gasteiger partial charge in [0.25, 0.3) is 0 Å². The van der Waals surface area contributed by atoms with Gasteiger partial charge in [-0.05, 0) is 35.7 Å². The number of nitrogens with zero attached hydrogens (tertiary/aromatic N) is 1. The van der Waals surface area contributed by atoms with Gasteiger partial charge >= 0.3 is 59.1 Å². The van der Waals surface area contributed by atoms with Gasteiger partial charge in [0.2, 0.25) is 0 Å². The van der Waals surface area contributed by atoms with E-state index < -0.39 is 5.41 Å². The first-order valence-corrected chi connectivity index (χ1v) is 7.60. The molecule has 0 bridgehead atoms. The van der Waals surface area contributed by atoms with Crippen molar-refractivity contribution < 1.29 is 69.3 Å². The summed E-state index contributed by atoms with van der Waals surface area (Å²) in [7, 11) is 0. The quantitative estimate of drug-likeness (QED) is 0.371. The molecular formula is C21H15NNa2O2. The summed E-state index contributed by atoms with van der Waals surface area (Å²) < 4.78 is 0. The molecule has 0 aliphatic carbocycles. The standard InChI is InChI=1S/C21H17NO2.2Na/c1-21(17-6-10-19(23)11-7-17,18-8-12-20(24)13-9-18)16-4-2-15(14-22)3-5-16;;/h2-13,23-24H,1H3;;/q;2*+1/p-2. The Hall–Kier alpha value is -1.25. The number of hydrogen-bond donors (Lipinski definition) is 0. The maximum absolute atomic E-state index is 11.5. The fourth-order valence-corrected chi connectivity index (χ4v) is 2.95. The van der Waals surface area contributed by atoms with Crippen LogP contribution in [-0.4, -0.2) is 0 Å². The van der Waals surface area contributed by atoms with E-state index in [0.717, 1.165) is 16.7 Å². The Balaban J connectivity index is 0.00000169. The summed E-state index contributed by atoms with van der Waals surface area (Å²) in [6, 6.07) is 22.9. The Morgan fingerprint density at radius 2 is 0.962 bits per heavy atom. The van der Waals surface area contributed by atoms with E-state index in [1.807, 2.05) is 43.3 Å². The second-order valence-corrected chi connectivity index (χ2v) is 5.86. The molecular weight excluding hydrogens is 344 g/mol. The molecule has 0 heterocycles. The van der Waals surface area contributed by atoms with Crippen LogP contribution in [0.4, 0.5) is 0 Å². The van der Waals surface area contributed by atoms with Crippen molar-refractivity contribution >= 4 is 0 Å². The number of benzene rings is 3. The smallest absolute Gasteiger partial charge is 0.872 e. The van der Waals surface area contributed by atoms with Gasteiger partial charge in [0.1, 0.15) is 0 Å². The van der Waals surface area contributed by atoms with Gasteiger partial charge < -0.3 is 10.2 Å². The number of hydrogen-bond acceptors (Lipinski definition) is 3. The molecule has 0 fully saturated rings. The zero-order valence-corrected chi connectivity index (χ0v) is 19.2. The molecule has 3 aromatic rings. The second-order valence-electron chi connectivity index (χ2n) is 5.86. The number of rotatable bonds is 3. The van der Waals surface area contributed by atoms with Gasteiger partial charge in [0.15, 0.2) is 0 Å². The van der Waals surface area contributed by atoms with E-state index in [1.165, 1.54) is 0 Å². The molecule has 0 atom stereocenters. The fraction of sp³-hybridized carbons (Fsp3) is 0.0952. The van der Waals surface area contributed by atoms with E-state index in [0.29, 0.717) is 5.56 Å². The first-order chi connectivity index (χ1) is 11.5. The van der Waals surface area contributed by atoms with Crippen molar-refractivity contribution in [3.05, 3.63) is 95.1 Å². The summed E-state index contributed by atoms with van der Waals surface area (Å²) >= 11 is 0. The summed E-state index contributed by atoms with van der Waals surface area (Å²) in [5.74, 6) is -0.0910. The topological polar surface area (TPSA) is 69.9 Å². The van der Waals surface area contributed by atoms with Gasteiger partial charge in [-0.25, -0.2) is 0 Å². The third-order valence-corrected chi connectivity index (χ3v) is 4.45. The molecule has 0 unspecified atom stereocenters. The molecule has 0 aromatic heterocycles. The molecule has 0 aliphatic heterocycles. The Labute approximate surface area is 197 Å². The summed E-state index contributed by atoms with van der Waals surface area (Å²) in [5, 5.41) is 32.0. The van der Waals surface area contributed by atoms with E-state index >= 15 is 0 Å². The molecule has 0 saturated heterocycles. The van der Waals surface area contributed by atoms with Gasteiger partial charge in [0, 0.05) is 5.41 Å². The van der Waals surface area contributed by atoms with E-state index in [2.05, 4.69) is 6.07 Å². The normalized spacial score (nSPS) is 10.2. The number of nitriles is 1. The van der Waals surface area contributed by atoms with Gasteiger partial charge in [-0.1, -0.05) is 60.7 Å². The van der Waals surface area contributed by atoms with Crippen LogP contribution in [0.5, 0.6) is 11.5 Å². The van der Waals surface area contributed by atoms with Crippen molar-refractivity contribution in [2.24, 2.45) is 0 Å². The van der Waals surface area contributed by atoms with Crippen molar-refractivity contribution in [1.82, 2.24) is 0 Å². The Kier molecular flexibility index (Phi) is 8.43. The maximum atomic E-state index is 11.5. The largest absolute Gasteiger partial charge is 1.00 e. The molecule has 3 rings (SSSR count). The minimum absolute atomic E-state index is 0. The van der Waals surface area contributed by atoms with Crippen molar-refractivity contribution in [3.8, 4) is 17.6 Å². The molecule has 0 amide bonds. The maximum Gasteiger partial charge on any atom is 1.00 e. The van der Waals surface area contributed by atoms with Crippen LogP contribution >= 0.6 is 0 Å². The summed E-state index contributed by atoms with van der Waals surface area (Å²) in [4.78, 5) is 0. The SMILES string of the molecule is CC(c1ccc([O-])cc1)(c1ccc([O-])cc1)c1ccc(C#N)cc1.[Na+].[Na+]. The van der Waals surface area contributed by atoms with Crippen LogP contribution in [-0.2, 0) is 5.41 Å². The van der Waals surface area contributed by atoms with E-state index in [9.17, 15) is 10.2 Å². The zero-order valence-electron chi connectivity index (χ0n) is 15.2. The average Bonchev–Trinajstić information content (AvgIpc) is 2.62. The summed E-state index contributed by atoms with van der Waals surface area (Å²) in [6.07, 6.45) is 0. The molecule has 5 heteroatoms. The molecule has 0 spiro atoms. The third-order valence-electron chi connectivity index (χ3n) is 4.45. The van der Waals surface area contributed by atoms with Crippen LogP contribution in [0.15, 0.2) is 72.8 Å². The Morgan fingerprint density at radius 3 is 1.27 bits per heavy atom. The van der Waals surface area contributed by atoms with Gasteiger partial charge in [0.05, 0.1) is 11.6 Å². The Bertz CT molecular complexity index is 838. The monoisotopic (exact) mass is 359 g/mol. The van der Waals surface area contributed by atoms with Crippen LogP contribution in [0.2, 0.25) is 0 Å². The van der Waals surface area contributed by atoms with Crippen molar-refractivity contribution in [1.29, 1.82) is 5.26 Å². The predicted octanol–water partition coefficient (Wildman–Crippen LogP) is -2.93. The van der Waals surface area contributed by atoms with Crippen LogP contribution in [0.1, 0.15) is 29.2 Å². The molecule has 0 radical (unpaired) electrons. The van der Waals surface area contributed by atoms with Crippen LogP contribution < -0.4 is 69.3 Å². The predicted molar refractivity (Wildman–Crippen MR) is 88.5 cm³/mol. The molecule has 0 N–H and O–H groups in total. The second kappa shape index (κ2) is 9.62. The first-order valence-electron chi connectivity index (χ1n) is 7.60. The fourth-order valence-electron chi connectivity index (χ4n) is 2.95. The van der Waals surface area contributed by atoms with Crippen LogP contribution in [0, 0.1) is 11.3 Å². The van der Waals surface area contributed by atoms with Crippen LogP contribution in [0.3, 0.4) is 0 Å². The molecule has 26 heavy (non-hydrogen) atoms.